The molecular formula is CH2AgF3O3S. The third-order valence-corrected chi connectivity index (χ3v) is 0. The minimum absolute atomic E-state index is 1.92. The first-order valence-corrected chi connectivity index (χ1v) is 4.39. The molecule has 62 valence electrons. The van der Waals surface area contributed by atoms with Crippen LogP contribution in [0.5, 0.6) is 0 Å². The third kappa shape index (κ3) is 1810. The van der Waals surface area contributed by atoms with Gasteiger partial charge in [-0.3, -0.25) is 0 Å². The molecule has 0 radical (unpaired) electrons. The monoisotopic (exact) mass is 258 g/mol. The summed E-state index contributed by atoms with van der Waals surface area (Å²) in [5, 5.41) is 0. The molecule has 0 atom stereocenters. The number of hydrogen-bond acceptors (Lipinski definition) is 2. The molecule has 3 nitrogen and oxygen atoms in total. The molecule has 0 aliphatic rings. The molecule has 0 saturated carbocycles. The Hall–Kier alpha value is 0.440. The molecule has 0 fully saturated rings. The zero-order chi connectivity index (χ0) is 8.08. The molecule has 1 N–H and O–H groups in total. The van der Waals surface area contributed by atoms with E-state index in [1.807, 2.05) is 19.7 Å². The van der Waals surface area contributed by atoms with E-state index in [0.717, 1.165) is 0 Å². The van der Waals surface area contributed by atoms with Crippen LogP contribution in [0.4, 0.5) is 13.2 Å². The average Bonchev–Trinajstić information content (AvgIpc) is 1.19. The number of alkyl halides is 3. The fourth-order valence-corrected chi connectivity index (χ4v) is 0. The van der Waals surface area contributed by atoms with E-state index in [-0.39, 0.29) is 0 Å². The zero-order valence-corrected chi connectivity index (χ0v) is 5.98. The summed E-state index contributed by atoms with van der Waals surface area (Å²) in [5.41, 5.74) is 0. The van der Waals surface area contributed by atoms with Crippen molar-refractivity contribution in [1.82, 2.24) is 0 Å². The van der Waals surface area contributed by atoms with Crippen molar-refractivity contribution in [2.24, 2.45) is 0 Å². The molecule has 0 saturated heterocycles. The van der Waals surface area contributed by atoms with Gasteiger partial charge in [0, 0.05) is 0 Å². The van der Waals surface area contributed by atoms with Gasteiger partial charge in [0.2, 0.25) is 0 Å². The molecule has 0 amide bonds. The second kappa shape index (κ2) is 5.24. The molecular weight excluding hydrogens is 257 g/mol. The second-order valence-corrected chi connectivity index (χ2v) is 3.66. The van der Waals surface area contributed by atoms with E-state index in [9.17, 15) is 13.2 Å². The van der Waals surface area contributed by atoms with Crippen LogP contribution in [-0.2, 0) is 27.3 Å². The van der Waals surface area contributed by atoms with Gasteiger partial charge in [0.05, 0.1) is 0 Å². The predicted octanol–water partition coefficient (Wildman–Crippen LogP) is 0.514. The fourth-order valence-electron chi connectivity index (χ4n) is 0. The average molecular weight is 259 g/mol. The molecule has 0 aromatic heterocycles. The summed E-state index contributed by atoms with van der Waals surface area (Å²) < 4.78 is 54.6. The van der Waals surface area contributed by atoms with Crippen LogP contribution in [0, 0.1) is 0 Å². The van der Waals surface area contributed by atoms with Gasteiger partial charge in [0.1, 0.15) is 0 Å². The van der Waals surface area contributed by atoms with E-state index in [1.54, 1.807) is 0 Å². The summed E-state index contributed by atoms with van der Waals surface area (Å²) in [4.78, 5) is 0. The second-order valence-electron chi connectivity index (χ2n) is 0.620. The van der Waals surface area contributed by atoms with Crippen LogP contribution in [0.3, 0.4) is 0 Å². The summed E-state index contributed by atoms with van der Waals surface area (Å²) in [6, 6.07) is 0. The van der Waals surface area contributed by atoms with Crippen molar-refractivity contribution >= 4 is 7.58 Å². The first-order valence-electron chi connectivity index (χ1n) is 1.29. The molecule has 0 heterocycles. The van der Waals surface area contributed by atoms with Crippen molar-refractivity contribution in [1.29, 1.82) is 0 Å². The molecule has 0 unspecified atom stereocenters. The van der Waals surface area contributed by atoms with Crippen molar-refractivity contribution in [3.8, 4) is 0 Å². The van der Waals surface area contributed by atoms with Gasteiger partial charge in [0.25, 0.3) is 0 Å². The summed E-state index contributed by atoms with van der Waals surface area (Å²) in [5.74, 6) is 0. The first-order chi connectivity index (χ1) is 3.73. The van der Waals surface area contributed by atoms with E-state index in [1.165, 1.54) is 0 Å². The molecule has 9 heavy (non-hydrogen) atoms. The minimum atomic E-state index is -3.86. The van der Waals surface area contributed by atoms with Crippen molar-refractivity contribution in [3.05, 3.63) is 0 Å². The van der Waals surface area contributed by atoms with Crippen LogP contribution < -0.4 is 0 Å². The molecule has 0 rings (SSSR count). The Morgan fingerprint density at radius 3 is 1.33 bits per heavy atom. The van der Waals surface area contributed by atoms with Gasteiger partial charge in [-0.1, -0.05) is 0 Å². The predicted molar refractivity (Wildman–Crippen MR) is 18.7 cm³/mol. The Balaban J connectivity index is 0. The summed E-state index contributed by atoms with van der Waals surface area (Å²) >= 11 is 1.92. The standard InChI is InChI=1S/CHF3.Ag.HO3S/c2-1(3)4;;1-4(2)3/h1H;;(H,1,2,3). The molecule has 0 aromatic rings. The molecule has 0 aliphatic carbocycles. The van der Waals surface area contributed by atoms with Crippen LogP contribution in [0.15, 0.2) is 0 Å². The Morgan fingerprint density at radius 2 is 1.33 bits per heavy atom. The Morgan fingerprint density at radius 1 is 1.33 bits per heavy atom. The maximum atomic E-state index is 9.67. The molecule has 0 bridgehead atoms. The Labute approximate surface area is 60.5 Å². The molecule has 0 aromatic carbocycles. The van der Waals surface area contributed by atoms with Gasteiger partial charge in [-0.15, -0.1) is 0 Å². The van der Waals surface area contributed by atoms with Crippen LogP contribution in [0.2, 0.25) is 0 Å². The quantitative estimate of drug-likeness (QED) is 0.509. The fraction of sp³-hybridized carbons (Fsp3) is 1.00. The van der Waals surface area contributed by atoms with Crippen LogP contribution in [0.25, 0.3) is 0 Å². The van der Waals surface area contributed by atoms with E-state index >= 15 is 0 Å². The van der Waals surface area contributed by atoms with Gasteiger partial charge < -0.3 is 0 Å². The van der Waals surface area contributed by atoms with Gasteiger partial charge in [0.15, 0.2) is 0 Å². The first kappa shape index (κ1) is 12.1. The van der Waals surface area contributed by atoms with Crippen molar-refractivity contribution in [2.75, 3.05) is 0 Å². The summed E-state index contributed by atoms with van der Waals surface area (Å²) in [7, 11) is -3.86. The third-order valence-electron chi connectivity index (χ3n) is 0. The zero-order valence-electron chi connectivity index (χ0n) is 3.68. The SMILES string of the molecule is FC(F)F.O=[S](=O)(O)[Ag]. The van der Waals surface area contributed by atoms with E-state index in [4.69, 9.17) is 13.0 Å². The Kier molecular flexibility index (Phi) is 7.08. The summed E-state index contributed by atoms with van der Waals surface area (Å²) in [6.45, 7) is -3.67. The van der Waals surface area contributed by atoms with Crippen molar-refractivity contribution in [3.63, 3.8) is 0 Å². The van der Waals surface area contributed by atoms with E-state index < -0.39 is 14.3 Å². The number of hydrogen-bond donors (Lipinski definition) is 1. The Bertz CT molecular complexity index is 130. The molecule has 0 spiro atoms. The molecule has 8 heteroatoms. The van der Waals surface area contributed by atoms with Gasteiger partial charge >= 0.3 is 47.0 Å². The van der Waals surface area contributed by atoms with Gasteiger partial charge in [-0.25, -0.2) is 0 Å². The number of rotatable bonds is 0. The van der Waals surface area contributed by atoms with Gasteiger partial charge in [-0.05, 0) is 0 Å². The van der Waals surface area contributed by atoms with Crippen molar-refractivity contribution < 1.29 is 45.9 Å². The van der Waals surface area contributed by atoms with E-state index in [0.29, 0.717) is 0 Å². The topological polar surface area (TPSA) is 54.4 Å². The molecule has 0 aliphatic heterocycles. The van der Waals surface area contributed by atoms with Crippen LogP contribution in [0.1, 0.15) is 0 Å². The van der Waals surface area contributed by atoms with Crippen LogP contribution >= 0.6 is 0 Å². The van der Waals surface area contributed by atoms with E-state index in [2.05, 4.69) is 0 Å². The normalized spacial score (nSPS) is 10.6. The van der Waals surface area contributed by atoms with Gasteiger partial charge in [-0.2, -0.15) is 13.2 Å². The summed E-state index contributed by atoms with van der Waals surface area (Å²) in [6.07, 6.45) is 0. The maximum absolute atomic E-state index is 9.67. The number of halogens is 3. The van der Waals surface area contributed by atoms with Crippen molar-refractivity contribution in [2.45, 2.75) is 6.68 Å². The van der Waals surface area contributed by atoms with Crippen LogP contribution in [-0.4, -0.2) is 19.6 Å².